The molecule has 36 heavy (non-hydrogen) atoms. The lowest BCUT2D eigenvalue weighted by Gasteiger charge is -2.36. The summed E-state index contributed by atoms with van der Waals surface area (Å²) in [5.74, 6) is -2.34. The second-order valence-corrected chi connectivity index (χ2v) is 10.6. The quantitative estimate of drug-likeness (QED) is 0.443. The van der Waals surface area contributed by atoms with E-state index in [4.69, 9.17) is 0 Å². The Bertz CT molecular complexity index is 1030. The fourth-order valence-electron chi connectivity index (χ4n) is 6.31. The van der Waals surface area contributed by atoms with Gasteiger partial charge in [-0.2, -0.15) is 8.78 Å². The third kappa shape index (κ3) is 5.45. The predicted molar refractivity (Wildman–Crippen MR) is 132 cm³/mol. The Morgan fingerprint density at radius 2 is 1.72 bits per heavy atom. The molecule has 8 heteroatoms. The maximum Gasteiger partial charge on any atom is 0.301 e. The number of piperidine rings is 1. The highest BCUT2D eigenvalue weighted by molar-refractivity contribution is 5.92. The Balaban J connectivity index is 1.03. The van der Waals surface area contributed by atoms with E-state index in [-0.39, 0.29) is 18.2 Å². The molecule has 194 valence electrons. The highest BCUT2D eigenvalue weighted by Gasteiger charge is 2.59. The minimum atomic E-state index is -3.59. The van der Waals surface area contributed by atoms with Gasteiger partial charge < -0.3 is 10.4 Å². The summed E-state index contributed by atoms with van der Waals surface area (Å²) >= 11 is 0. The van der Waals surface area contributed by atoms with Crippen LogP contribution < -0.4 is 10.6 Å². The van der Waals surface area contributed by atoms with Gasteiger partial charge in [-0.15, -0.1) is 0 Å². The Kier molecular flexibility index (Phi) is 7.37. The lowest BCUT2D eigenvalue weighted by molar-refractivity contribution is -0.116. The van der Waals surface area contributed by atoms with Crippen molar-refractivity contribution in [2.75, 3.05) is 31.6 Å². The molecular formula is C28H34F3N3O2. The fourth-order valence-corrected chi connectivity index (χ4v) is 6.31. The number of rotatable bonds is 9. The largest absolute Gasteiger partial charge is 0.378 e. The lowest BCUT2D eigenvalue weighted by Crippen LogP contribution is -2.42. The number of aliphatic hydroxyl groups excluding tert-OH is 1. The van der Waals surface area contributed by atoms with E-state index >= 15 is 0 Å². The topological polar surface area (TPSA) is 64.6 Å². The minimum Gasteiger partial charge on any atom is -0.378 e. The predicted octanol–water partition coefficient (Wildman–Crippen LogP) is 4.50. The summed E-state index contributed by atoms with van der Waals surface area (Å²) in [4.78, 5) is 14.9. The van der Waals surface area contributed by atoms with E-state index in [0.29, 0.717) is 23.8 Å². The number of carbonyl (C=O) groups excluding carboxylic acids is 1. The van der Waals surface area contributed by atoms with Gasteiger partial charge in [-0.05, 0) is 61.1 Å². The van der Waals surface area contributed by atoms with E-state index < -0.39 is 30.3 Å². The first-order valence-corrected chi connectivity index (χ1v) is 12.9. The number of hydrogen-bond donors (Lipinski definition) is 3. The standard InChI is InChI=1S/C28H34F3N3O2/c29-17-28(30,31)20-7-4-8-21(13-20)33-25(35)14-32-27(36)26-23-15-34(16-24(23)26)22-11-9-19(10-12-22)18-5-2-1-3-6-18/h1-8,13,19,22-24,26-27,32,36H,9-12,14-17H2,(H,33,35). The first kappa shape index (κ1) is 25.2. The summed E-state index contributed by atoms with van der Waals surface area (Å²) in [7, 11) is 0. The van der Waals surface area contributed by atoms with Crippen LogP contribution >= 0.6 is 0 Å². The van der Waals surface area contributed by atoms with Crippen molar-refractivity contribution in [3.8, 4) is 0 Å². The summed E-state index contributed by atoms with van der Waals surface area (Å²) in [6.07, 6.45) is 4.09. The molecule has 2 aromatic rings. The molecule has 0 aromatic heterocycles. The number of nitrogens with zero attached hydrogens (tertiary/aromatic N) is 1. The summed E-state index contributed by atoms with van der Waals surface area (Å²) < 4.78 is 39.7. The van der Waals surface area contributed by atoms with Crippen molar-refractivity contribution in [3.05, 3.63) is 65.7 Å². The zero-order chi connectivity index (χ0) is 25.3. The van der Waals surface area contributed by atoms with Crippen molar-refractivity contribution >= 4 is 11.6 Å². The number of anilines is 1. The second-order valence-electron chi connectivity index (χ2n) is 10.6. The van der Waals surface area contributed by atoms with Crippen LogP contribution in [0.5, 0.6) is 0 Å². The molecule has 3 aliphatic rings. The summed E-state index contributed by atoms with van der Waals surface area (Å²) in [6.45, 7) is 0.0648. The molecule has 5 nitrogen and oxygen atoms in total. The number of benzene rings is 2. The third-order valence-corrected chi connectivity index (χ3v) is 8.35. The van der Waals surface area contributed by atoms with Crippen LogP contribution in [-0.2, 0) is 10.7 Å². The highest BCUT2D eigenvalue weighted by atomic mass is 19.3. The SMILES string of the molecule is O=C(CNC(O)C1C2CN(C3CCC(c4ccccc4)CC3)CC21)Nc1cccc(C(F)(F)CF)c1. The van der Waals surface area contributed by atoms with Gasteiger partial charge in [0.25, 0.3) is 0 Å². The van der Waals surface area contributed by atoms with Gasteiger partial charge in [-0.3, -0.25) is 15.0 Å². The molecule has 0 radical (unpaired) electrons. The molecule has 1 saturated heterocycles. The zero-order valence-corrected chi connectivity index (χ0v) is 20.3. The molecular weight excluding hydrogens is 467 g/mol. The Morgan fingerprint density at radius 1 is 1.03 bits per heavy atom. The molecule has 2 aliphatic carbocycles. The Morgan fingerprint density at radius 3 is 2.39 bits per heavy atom. The smallest absolute Gasteiger partial charge is 0.301 e. The van der Waals surface area contributed by atoms with E-state index in [2.05, 4.69) is 45.9 Å². The van der Waals surface area contributed by atoms with Crippen LogP contribution in [-0.4, -0.2) is 54.5 Å². The van der Waals surface area contributed by atoms with Gasteiger partial charge >= 0.3 is 5.92 Å². The molecule has 3 fully saturated rings. The minimum absolute atomic E-state index is 0.131. The molecule has 5 rings (SSSR count). The average molecular weight is 502 g/mol. The molecule has 3 N–H and O–H groups in total. The number of alkyl halides is 3. The first-order valence-electron chi connectivity index (χ1n) is 12.9. The number of likely N-dealkylation sites (tertiary alicyclic amines) is 1. The van der Waals surface area contributed by atoms with Crippen LogP contribution in [0.3, 0.4) is 0 Å². The van der Waals surface area contributed by atoms with E-state index in [1.165, 1.54) is 43.4 Å². The van der Waals surface area contributed by atoms with E-state index in [9.17, 15) is 23.1 Å². The summed E-state index contributed by atoms with van der Waals surface area (Å²) in [5.41, 5.74) is 1.13. The van der Waals surface area contributed by atoms with Gasteiger partial charge in [-0.25, -0.2) is 4.39 Å². The van der Waals surface area contributed by atoms with Gasteiger partial charge in [0, 0.05) is 36.3 Å². The van der Waals surface area contributed by atoms with Crippen molar-refractivity contribution < 1.29 is 23.1 Å². The van der Waals surface area contributed by atoms with Crippen LogP contribution in [0.2, 0.25) is 0 Å². The van der Waals surface area contributed by atoms with Crippen LogP contribution in [0.25, 0.3) is 0 Å². The van der Waals surface area contributed by atoms with Crippen molar-refractivity contribution in [3.63, 3.8) is 0 Å². The molecule has 1 amide bonds. The summed E-state index contributed by atoms with van der Waals surface area (Å²) in [5, 5.41) is 16.0. The maximum absolute atomic E-state index is 13.6. The number of amides is 1. The number of carbonyl (C=O) groups is 1. The molecule has 2 saturated carbocycles. The number of halogens is 3. The van der Waals surface area contributed by atoms with Crippen molar-refractivity contribution in [2.24, 2.45) is 17.8 Å². The van der Waals surface area contributed by atoms with Crippen molar-refractivity contribution in [2.45, 2.75) is 49.8 Å². The molecule has 1 heterocycles. The first-order chi connectivity index (χ1) is 17.4. The van der Waals surface area contributed by atoms with Crippen molar-refractivity contribution in [1.82, 2.24) is 10.2 Å². The normalized spacial score (nSPS) is 28.9. The number of hydrogen-bond acceptors (Lipinski definition) is 4. The number of fused-ring (bicyclic) bond motifs is 1. The third-order valence-electron chi connectivity index (χ3n) is 8.35. The van der Waals surface area contributed by atoms with E-state index in [1.807, 2.05) is 0 Å². The molecule has 0 spiro atoms. The number of aliphatic hydroxyl groups is 1. The highest BCUT2D eigenvalue weighted by Crippen LogP contribution is 2.54. The van der Waals surface area contributed by atoms with Gasteiger partial charge in [0.05, 0.1) is 6.54 Å². The maximum atomic E-state index is 13.6. The van der Waals surface area contributed by atoms with Crippen LogP contribution in [0.4, 0.5) is 18.9 Å². The van der Waals surface area contributed by atoms with E-state index in [1.54, 1.807) is 0 Å². The summed E-state index contributed by atoms with van der Waals surface area (Å²) in [6, 6.07) is 16.4. The van der Waals surface area contributed by atoms with Gasteiger partial charge in [0.2, 0.25) is 5.91 Å². The molecule has 0 bridgehead atoms. The van der Waals surface area contributed by atoms with Gasteiger partial charge in [-0.1, -0.05) is 42.5 Å². The second kappa shape index (κ2) is 10.5. The molecule has 1 aliphatic heterocycles. The Labute approximate surface area is 210 Å². The Hall–Kier alpha value is -2.42. The van der Waals surface area contributed by atoms with Crippen LogP contribution in [0, 0.1) is 17.8 Å². The van der Waals surface area contributed by atoms with Crippen LogP contribution in [0.15, 0.2) is 54.6 Å². The lowest BCUT2D eigenvalue weighted by atomic mass is 9.81. The fraction of sp³-hybridized carbons (Fsp3) is 0.536. The van der Waals surface area contributed by atoms with Gasteiger partial charge in [0.1, 0.15) is 6.23 Å². The average Bonchev–Trinajstić information content (AvgIpc) is 3.41. The number of nitrogens with one attached hydrogen (secondary N) is 2. The van der Waals surface area contributed by atoms with Gasteiger partial charge in [0.15, 0.2) is 6.67 Å². The zero-order valence-electron chi connectivity index (χ0n) is 20.3. The molecule has 3 unspecified atom stereocenters. The molecule has 3 atom stereocenters. The van der Waals surface area contributed by atoms with E-state index in [0.717, 1.165) is 25.2 Å². The molecule has 2 aromatic carbocycles. The monoisotopic (exact) mass is 501 g/mol. The van der Waals surface area contributed by atoms with Crippen LogP contribution in [0.1, 0.15) is 42.7 Å². The van der Waals surface area contributed by atoms with Crippen molar-refractivity contribution in [1.29, 1.82) is 0 Å².